The fourth-order valence-electron chi connectivity index (χ4n) is 3.37. The maximum absolute atomic E-state index is 13.1. The minimum Gasteiger partial charge on any atom is -0.497 e. The number of hydrogen-bond acceptors (Lipinski definition) is 5. The van der Waals surface area contributed by atoms with Gasteiger partial charge in [0, 0.05) is 11.6 Å². The maximum Gasteiger partial charge on any atom is 0.412 e. The van der Waals surface area contributed by atoms with Crippen LogP contribution in [0.1, 0.15) is 52.8 Å². The van der Waals surface area contributed by atoms with Gasteiger partial charge < -0.3 is 18.9 Å². The molecule has 1 amide bonds. The van der Waals surface area contributed by atoms with Gasteiger partial charge in [-0.25, -0.2) is 4.79 Å². The van der Waals surface area contributed by atoms with Crippen molar-refractivity contribution < 1.29 is 23.7 Å². The lowest BCUT2D eigenvalue weighted by molar-refractivity contribution is -0.0199. The normalized spacial score (nSPS) is 22.3. The van der Waals surface area contributed by atoms with Gasteiger partial charge in [-0.1, -0.05) is 19.9 Å². The molecule has 1 unspecified atom stereocenters. The van der Waals surface area contributed by atoms with Gasteiger partial charge in [-0.2, -0.15) is 0 Å². The number of benzene rings is 1. The highest BCUT2D eigenvalue weighted by atomic mass is 16.6. The molecule has 0 radical (unpaired) electrons. The van der Waals surface area contributed by atoms with Crippen LogP contribution in [0.25, 0.3) is 0 Å². The van der Waals surface area contributed by atoms with Gasteiger partial charge in [0.15, 0.2) is 6.23 Å². The van der Waals surface area contributed by atoms with Gasteiger partial charge in [0.05, 0.1) is 26.4 Å². The van der Waals surface area contributed by atoms with Crippen LogP contribution in [-0.4, -0.2) is 43.0 Å². The molecule has 0 spiro atoms. The molecular formula is C22H33NO5. The van der Waals surface area contributed by atoms with Crippen LogP contribution in [0.2, 0.25) is 0 Å². The van der Waals surface area contributed by atoms with Gasteiger partial charge in [0.25, 0.3) is 0 Å². The first-order valence-corrected chi connectivity index (χ1v) is 9.62. The van der Waals surface area contributed by atoms with E-state index in [9.17, 15) is 4.79 Å². The van der Waals surface area contributed by atoms with Crippen molar-refractivity contribution in [3.63, 3.8) is 0 Å². The molecule has 1 aliphatic heterocycles. The second-order valence-corrected chi connectivity index (χ2v) is 8.38. The zero-order valence-electron chi connectivity index (χ0n) is 18.0. The zero-order chi connectivity index (χ0) is 21.1. The van der Waals surface area contributed by atoms with Crippen LogP contribution < -0.4 is 9.47 Å². The first-order chi connectivity index (χ1) is 13.1. The number of ether oxygens (including phenoxy) is 4. The van der Waals surface area contributed by atoms with Gasteiger partial charge in [0.1, 0.15) is 17.1 Å². The summed E-state index contributed by atoms with van der Waals surface area (Å²) >= 11 is 0. The monoisotopic (exact) mass is 391 g/mol. The molecule has 0 aromatic heterocycles. The van der Waals surface area contributed by atoms with Gasteiger partial charge in [0.2, 0.25) is 0 Å². The highest BCUT2D eigenvalue weighted by Gasteiger charge is 2.47. The molecule has 1 aliphatic rings. The molecule has 0 bridgehead atoms. The Kier molecular flexibility index (Phi) is 6.99. The number of hydrogen-bond donors (Lipinski definition) is 0. The van der Waals surface area contributed by atoms with E-state index in [4.69, 9.17) is 18.9 Å². The number of amides is 1. The Bertz CT molecular complexity index is 695. The molecule has 1 heterocycles. The molecule has 1 saturated heterocycles. The van der Waals surface area contributed by atoms with E-state index >= 15 is 0 Å². The molecule has 1 fully saturated rings. The summed E-state index contributed by atoms with van der Waals surface area (Å²) in [6, 6.07) is 5.29. The number of nitrogens with zero attached hydrogens (tertiary/aromatic N) is 1. The van der Waals surface area contributed by atoms with Crippen LogP contribution in [0, 0.1) is 5.92 Å². The highest BCUT2D eigenvalue weighted by Crippen LogP contribution is 2.42. The van der Waals surface area contributed by atoms with E-state index in [0.717, 1.165) is 12.0 Å². The van der Waals surface area contributed by atoms with Crippen molar-refractivity contribution in [2.45, 2.75) is 65.0 Å². The highest BCUT2D eigenvalue weighted by molar-refractivity contribution is 5.70. The number of methoxy groups -OCH3 is 2. The molecule has 0 aliphatic carbocycles. The number of carbonyl (C=O) groups is 1. The predicted molar refractivity (Wildman–Crippen MR) is 109 cm³/mol. The third-order valence-corrected chi connectivity index (χ3v) is 4.53. The van der Waals surface area contributed by atoms with Crippen LogP contribution in [0.3, 0.4) is 0 Å². The van der Waals surface area contributed by atoms with E-state index in [0.29, 0.717) is 17.4 Å². The summed E-state index contributed by atoms with van der Waals surface area (Å²) in [4.78, 5) is 14.8. The Labute approximate surface area is 168 Å². The fourth-order valence-corrected chi connectivity index (χ4v) is 3.37. The summed E-state index contributed by atoms with van der Waals surface area (Å²) in [6.07, 6.45) is 1.17. The van der Waals surface area contributed by atoms with Crippen molar-refractivity contribution in [2.24, 2.45) is 5.92 Å². The molecule has 0 saturated carbocycles. The topological polar surface area (TPSA) is 57.2 Å². The molecule has 2 rings (SSSR count). The molecule has 28 heavy (non-hydrogen) atoms. The minimum atomic E-state index is -0.637. The Hall–Kier alpha value is -2.21. The largest absolute Gasteiger partial charge is 0.497 e. The van der Waals surface area contributed by atoms with E-state index in [1.54, 1.807) is 31.3 Å². The molecule has 0 N–H and O–H groups in total. The molecule has 1 aromatic carbocycles. The zero-order valence-corrected chi connectivity index (χ0v) is 18.0. The van der Waals surface area contributed by atoms with Gasteiger partial charge in [-0.15, -0.1) is 6.58 Å². The smallest absolute Gasteiger partial charge is 0.412 e. The van der Waals surface area contributed by atoms with Crippen LogP contribution in [0.5, 0.6) is 11.5 Å². The number of rotatable bonds is 6. The molecule has 6 nitrogen and oxygen atoms in total. The average Bonchev–Trinajstić information content (AvgIpc) is 2.97. The van der Waals surface area contributed by atoms with Gasteiger partial charge in [-0.3, -0.25) is 4.90 Å². The molecular weight excluding hydrogens is 358 g/mol. The summed E-state index contributed by atoms with van der Waals surface area (Å²) < 4.78 is 22.8. The average molecular weight is 392 g/mol. The van der Waals surface area contributed by atoms with E-state index in [1.807, 2.05) is 32.9 Å². The van der Waals surface area contributed by atoms with Crippen molar-refractivity contribution in [3.8, 4) is 11.5 Å². The predicted octanol–water partition coefficient (Wildman–Crippen LogP) is 4.94. The summed E-state index contributed by atoms with van der Waals surface area (Å²) in [6.45, 7) is 13.7. The van der Waals surface area contributed by atoms with Crippen LogP contribution in [-0.2, 0) is 9.47 Å². The van der Waals surface area contributed by atoms with Crippen molar-refractivity contribution in [1.29, 1.82) is 0 Å². The standard InChI is InChI=1S/C22H33NO5/c1-9-18-17(12-14(2)3)23(21(24)28-22(4,5)6)20(27-18)16-11-10-15(25-7)13-19(16)26-8/h9-11,13-14,17-18,20H,1,12H2,2-8H3/t17-,18-,20?/m0/s1. The third kappa shape index (κ3) is 4.98. The van der Waals surface area contributed by atoms with E-state index in [-0.39, 0.29) is 12.1 Å². The summed E-state index contributed by atoms with van der Waals surface area (Å²) in [5.74, 6) is 1.63. The molecule has 3 atom stereocenters. The van der Waals surface area contributed by atoms with Crippen LogP contribution in [0.4, 0.5) is 4.79 Å². The first kappa shape index (κ1) is 22.1. The number of carbonyl (C=O) groups excluding carboxylic acids is 1. The Balaban J connectivity index is 2.50. The second-order valence-electron chi connectivity index (χ2n) is 8.38. The van der Waals surface area contributed by atoms with Gasteiger partial charge >= 0.3 is 6.09 Å². The summed E-state index contributed by atoms with van der Waals surface area (Å²) in [5.41, 5.74) is 0.132. The van der Waals surface area contributed by atoms with E-state index < -0.39 is 17.9 Å². The van der Waals surface area contributed by atoms with Crippen molar-refractivity contribution in [1.82, 2.24) is 4.90 Å². The van der Waals surface area contributed by atoms with Crippen molar-refractivity contribution >= 4 is 6.09 Å². The summed E-state index contributed by atoms with van der Waals surface area (Å²) in [7, 11) is 3.18. The maximum atomic E-state index is 13.1. The molecule has 156 valence electrons. The molecule has 6 heteroatoms. The second kappa shape index (κ2) is 8.86. The lowest BCUT2D eigenvalue weighted by Crippen LogP contribution is -2.43. The fraction of sp³-hybridized carbons (Fsp3) is 0.591. The Morgan fingerprint density at radius 1 is 1.29 bits per heavy atom. The Morgan fingerprint density at radius 2 is 1.96 bits per heavy atom. The third-order valence-electron chi connectivity index (χ3n) is 4.53. The lowest BCUT2D eigenvalue weighted by Gasteiger charge is -2.32. The quantitative estimate of drug-likeness (QED) is 0.643. The Morgan fingerprint density at radius 3 is 2.46 bits per heavy atom. The van der Waals surface area contributed by atoms with E-state index in [1.165, 1.54) is 0 Å². The van der Waals surface area contributed by atoms with Crippen LogP contribution in [0.15, 0.2) is 30.9 Å². The summed E-state index contributed by atoms with van der Waals surface area (Å²) in [5, 5.41) is 0. The van der Waals surface area contributed by atoms with Crippen molar-refractivity contribution in [3.05, 3.63) is 36.4 Å². The van der Waals surface area contributed by atoms with Gasteiger partial charge in [-0.05, 0) is 45.2 Å². The SMILES string of the molecule is C=C[C@@H]1OC(c2ccc(OC)cc2OC)N(C(=O)OC(C)(C)C)[C@H]1CC(C)C. The minimum absolute atomic E-state index is 0.177. The lowest BCUT2D eigenvalue weighted by atomic mass is 9.98. The van der Waals surface area contributed by atoms with Crippen LogP contribution >= 0.6 is 0 Å². The molecule has 1 aromatic rings. The first-order valence-electron chi connectivity index (χ1n) is 9.62. The van der Waals surface area contributed by atoms with E-state index in [2.05, 4.69) is 20.4 Å². The van der Waals surface area contributed by atoms with Crippen molar-refractivity contribution in [2.75, 3.05) is 14.2 Å².